The van der Waals surface area contributed by atoms with Gasteiger partial charge in [-0.3, -0.25) is 14.9 Å². The first-order valence-corrected chi connectivity index (χ1v) is 6.70. The zero-order chi connectivity index (χ0) is 16.1. The van der Waals surface area contributed by atoms with Gasteiger partial charge in [-0.05, 0) is 24.6 Å². The van der Waals surface area contributed by atoms with Crippen LogP contribution in [-0.4, -0.2) is 17.0 Å². The Morgan fingerprint density at radius 1 is 1.32 bits per heavy atom. The van der Waals surface area contributed by atoms with Crippen LogP contribution >= 0.6 is 11.6 Å². The average molecular weight is 318 g/mol. The molecule has 0 heterocycles. The number of nitrogens with zero attached hydrogens (tertiary/aromatic N) is 2. The van der Waals surface area contributed by atoms with E-state index in [0.717, 1.165) is 5.56 Å². The highest BCUT2D eigenvalue weighted by Gasteiger charge is 2.12. The van der Waals surface area contributed by atoms with Gasteiger partial charge in [0.2, 0.25) is 0 Å². The van der Waals surface area contributed by atoms with E-state index in [9.17, 15) is 14.9 Å². The summed E-state index contributed by atoms with van der Waals surface area (Å²) in [5, 5.41) is 14.6. The summed E-state index contributed by atoms with van der Waals surface area (Å²) >= 11 is 5.72. The first kappa shape index (κ1) is 15.7. The predicted octanol–water partition coefficient (Wildman–Crippen LogP) is 3.32. The number of nitro benzene ring substituents is 1. The number of halogens is 1. The monoisotopic (exact) mass is 317 g/mol. The van der Waals surface area contributed by atoms with E-state index in [0.29, 0.717) is 11.1 Å². The van der Waals surface area contributed by atoms with Crippen molar-refractivity contribution in [1.29, 1.82) is 0 Å². The molecule has 112 valence electrons. The van der Waals surface area contributed by atoms with Crippen LogP contribution in [0.25, 0.3) is 0 Å². The minimum atomic E-state index is -0.578. The van der Waals surface area contributed by atoms with Crippen LogP contribution in [0.1, 0.15) is 21.5 Å². The largest absolute Gasteiger partial charge is 0.288 e. The number of amides is 1. The Hall–Kier alpha value is -2.73. The lowest BCUT2D eigenvalue weighted by Crippen LogP contribution is -2.18. The fourth-order valence-corrected chi connectivity index (χ4v) is 1.99. The van der Waals surface area contributed by atoms with E-state index in [1.807, 2.05) is 19.1 Å². The van der Waals surface area contributed by atoms with Crippen molar-refractivity contribution in [2.75, 3.05) is 0 Å². The maximum atomic E-state index is 11.9. The Labute approximate surface area is 131 Å². The third-order valence-electron chi connectivity index (χ3n) is 2.94. The molecule has 7 heteroatoms. The number of nitro groups is 1. The van der Waals surface area contributed by atoms with E-state index in [1.54, 1.807) is 18.2 Å². The van der Waals surface area contributed by atoms with Gasteiger partial charge in [0.1, 0.15) is 5.02 Å². The molecule has 0 aliphatic carbocycles. The summed E-state index contributed by atoms with van der Waals surface area (Å²) in [5.41, 5.74) is 3.97. The van der Waals surface area contributed by atoms with Crippen molar-refractivity contribution in [2.24, 2.45) is 5.10 Å². The maximum absolute atomic E-state index is 11.9. The van der Waals surface area contributed by atoms with Crippen molar-refractivity contribution in [2.45, 2.75) is 6.92 Å². The van der Waals surface area contributed by atoms with Gasteiger partial charge in [0.15, 0.2) is 0 Å². The van der Waals surface area contributed by atoms with Crippen LogP contribution in [0.3, 0.4) is 0 Å². The standard InChI is InChI=1S/C15H12ClN3O3/c1-10-4-2-3-5-12(10)15(20)18-17-9-11-6-7-13(16)14(8-11)19(21)22/h2-9H,1H3,(H,18,20)/b17-9+. The van der Waals surface area contributed by atoms with Crippen LogP contribution in [-0.2, 0) is 0 Å². The van der Waals surface area contributed by atoms with E-state index < -0.39 is 4.92 Å². The molecule has 2 rings (SSSR count). The summed E-state index contributed by atoms with van der Waals surface area (Å²) in [6, 6.07) is 11.4. The van der Waals surface area contributed by atoms with Crippen molar-refractivity contribution in [3.8, 4) is 0 Å². The second-order valence-electron chi connectivity index (χ2n) is 4.48. The van der Waals surface area contributed by atoms with Gasteiger partial charge in [0.25, 0.3) is 11.6 Å². The van der Waals surface area contributed by atoms with Crippen LogP contribution in [0.2, 0.25) is 5.02 Å². The van der Waals surface area contributed by atoms with E-state index >= 15 is 0 Å². The lowest BCUT2D eigenvalue weighted by atomic mass is 10.1. The molecule has 0 bridgehead atoms. The molecule has 22 heavy (non-hydrogen) atoms. The van der Waals surface area contributed by atoms with Crippen molar-refractivity contribution in [1.82, 2.24) is 5.43 Å². The molecule has 0 aliphatic heterocycles. The number of hydrogen-bond acceptors (Lipinski definition) is 4. The van der Waals surface area contributed by atoms with Gasteiger partial charge in [-0.25, -0.2) is 5.43 Å². The molecular weight excluding hydrogens is 306 g/mol. The molecule has 0 spiro atoms. The number of carbonyl (C=O) groups is 1. The number of rotatable bonds is 4. The summed E-state index contributed by atoms with van der Waals surface area (Å²) in [6.45, 7) is 1.82. The Kier molecular flexibility index (Phi) is 4.85. The van der Waals surface area contributed by atoms with Crippen molar-refractivity contribution in [3.05, 3.63) is 74.3 Å². The van der Waals surface area contributed by atoms with E-state index in [-0.39, 0.29) is 16.6 Å². The van der Waals surface area contributed by atoms with Crippen LogP contribution < -0.4 is 5.43 Å². The second kappa shape index (κ2) is 6.82. The van der Waals surface area contributed by atoms with Gasteiger partial charge in [-0.1, -0.05) is 35.9 Å². The second-order valence-corrected chi connectivity index (χ2v) is 4.89. The molecule has 2 aromatic rings. The van der Waals surface area contributed by atoms with E-state index in [2.05, 4.69) is 10.5 Å². The molecule has 0 unspecified atom stereocenters. The third kappa shape index (κ3) is 3.67. The molecule has 0 saturated carbocycles. The molecule has 0 radical (unpaired) electrons. The molecule has 0 fully saturated rings. The maximum Gasteiger partial charge on any atom is 0.288 e. The average Bonchev–Trinajstić information content (AvgIpc) is 2.49. The van der Waals surface area contributed by atoms with Crippen molar-refractivity contribution >= 4 is 29.4 Å². The van der Waals surface area contributed by atoms with Gasteiger partial charge < -0.3 is 0 Å². The highest BCUT2D eigenvalue weighted by atomic mass is 35.5. The quantitative estimate of drug-likeness (QED) is 0.533. The Morgan fingerprint density at radius 3 is 2.73 bits per heavy atom. The molecule has 0 atom stereocenters. The summed E-state index contributed by atoms with van der Waals surface area (Å²) in [5.74, 6) is -0.349. The molecule has 6 nitrogen and oxygen atoms in total. The Morgan fingerprint density at radius 2 is 2.05 bits per heavy atom. The molecule has 1 N–H and O–H groups in total. The van der Waals surface area contributed by atoms with Crippen molar-refractivity contribution in [3.63, 3.8) is 0 Å². The highest BCUT2D eigenvalue weighted by Crippen LogP contribution is 2.24. The number of aryl methyl sites for hydroxylation is 1. The lowest BCUT2D eigenvalue weighted by molar-refractivity contribution is -0.384. The van der Waals surface area contributed by atoms with Crippen LogP contribution in [0.15, 0.2) is 47.6 Å². The van der Waals surface area contributed by atoms with Crippen LogP contribution in [0, 0.1) is 17.0 Å². The summed E-state index contributed by atoms with van der Waals surface area (Å²) in [4.78, 5) is 22.1. The zero-order valence-corrected chi connectivity index (χ0v) is 12.4. The summed E-state index contributed by atoms with van der Waals surface area (Å²) < 4.78 is 0. The van der Waals surface area contributed by atoms with E-state index in [4.69, 9.17) is 11.6 Å². The summed E-state index contributed by atoms with van der Waals surface area (Å²) in [7, 11) is 0. The molecular formula is C15H12ClN3O3. The Bertz CT molecular complexity index is 759. The number of nitrogens with one attached hydrogen (secondary N) is 1. The number of hydrazone groups is 1. The number of hydrogen-bond donors (Lipinski definition) is 1. The zero-order valence-electron chi connectivity index (χ0n) is 11.6. The van der Waals surface area contributed by atoms with Crippen LogP contribution in [0.4, 0.5) is 5.69 Å². The van der Waals surface area contributed by atoms with E-state index in [1.165, 1.54) is 18.3 Å². The minimum absolute atomic E-state index is 0.0473. The molecule has 1 amide bonds. The predicted molar refractivity (Wildman–Crippen MR) is 84.3 cm³/mol. The smallest absolute Gasteiger partial charge is 0.267 e. The first-order valence-electron chi connectivity index (χ1n) is 6.32. The topological polar surface area (TPSA) is 84.6 Å². The van der Waals surface area contributed by atoms with Gasteiger partial charge in [0, 0.05) is 17.2 Å². The van der Waals surface area contributed by atoms with Crippen molar-refractivity contribution < 1.29 is 9.72 Å². The third-order valence-corrected chi connectivity index (χ3v) is 3.26. The molecule has 0 aromatic heterocycles. The summed E-state index contributed by atoms with van der Waals surface area (Å²) in [6.07, 6.45) is 1.32. The van der Waals surface area contributed by atoms with Gasteiger partial charge in [-0.15, -0.1) is 0 Å². The van der Waals surface area contributed by atoms with Gasteiger partial charge >= 0.3 is 0 Å². The van der Waals surface area contributed by atoms with Gasteiger partial charge in [-0.2, -0.15) is 5.10 Å². The van der Waals surface area contributed by atoms with Crippen LogP contribution in [0.5, 0.6) is 0 Å². The fourth-order valence-electron chi connectivity index (χ4n) is 1.80. The fraction of sp³-hybridized carbons (Fsp3) is 0.0667. The molecule has 0 saturated heterocycles. The normalized spacial score (nSPS) is 10.6. The first-order chi connectivity index (χ1) is 10.5. The molecule has 2 aromatic carbocycles. The number of carbonyl (C=O) groups excluding carboxylic acids is 1. The lowest BCUT2D eigenvalue weighted by Gasteiger charge is -2.03. The number of benzene rings is 2. The Balaban J connectivity index is 2.10. The molecule has 0 aliphatic rings. The highest BCUT2D eigenvalue weighted by molar-refractivity contribution is 6.32. The minimum Gasteiger partial charge on any atom is -0.267 e. The SMILES string of the molecule is Cc1ccccc1C(=O)N/N=C/c1ccc(Cl)c([N+](=O)[O-])c1. The van der Waals surface area contributed by atoms with Gasteiger partial charge in [0.05, 0.1) is 11.1 Å².